The second kappa shape index (κ2) is 9.28. The molecule has 29 heavy (non-hydrogen) atoms. The summed E-state index contributed by atoms with van der Waals surface area (Å²) in [4.78, 5) is 52.5. The molecule has 10 heteroatoms. The Kier molecular flexibility index (Phi) is 6.55. The second-order valence-electron chi connectivity index (χ2n) is 6.27. The van der Waals surface area contributed by atoms with Gasteiger partial charge in [0.05, 0.1) is 30.0 Å². The van der Waals surface area contributed by atoms with Gasteiger partial charge in [0.15, 0.2) is 5.13 Å². The Balaban J connectivity index is 1.52. The van der Waals surface area contributed by atoms with E-state index >= 15 is 0 Å². The number of nitrogens with one attached hydrogen (secondary N) is 3. The maximum absolute atomic E-state index is 12.3. The second-order valence-corrected chi connectivity index (χ2v) is 7.13. The van der Waals surface area contributed by atoms with Gasteiger partial charge >= 0.3 is 5.97 Å². The van der Waals surface area contributed by atoms with Crippen LogP contribution in [-0.4, -0.2) is 41.3 Å². The number of para-hydroxylation sites is 1. The van der Waals surface area contributed by atoms with E-state index in [-0.39, 0.29) is 43.0 Å². The van der Waals surface area contributed by atoms with E-state index in [0.717, 1.165) is 0 Å². The lowest BCUT2D eigenvalue weighted by Gasteiger charge is -2.13. The summed E-state index contributed by atoms with van der Waals surface area (Å²) in [7, 11) is 0. The number of benzene rings is 1. The topological polar surface area (TPSA) is 126 Å². The molecule has 0 saturated carbocycles. The van der Waals surface area contributed by atoms with Crippen molar-refractivity contribution in [3.8, 4) is 0 Å². The van der Waals surface area contributed by atoms with Crippen LogP contribution in [0.5, 0.6) is 0 Å². The average Bonchev–Trinajstić information content (AvgIpc) is 3.06. The van der Waals surface area contributed by atoms with Gasteiger partial charge in [0.25, 0.3) is 5.91 Å². The van der Waals surface area contributed by atoms with E-state index in [1.54, 1.807) is 36.6 Å². The zero-order valence-electron chi connectivity index (χ0n) is 15.7. The van der Waals surface area contributed by atoms with Crippen molar-refractivity contribution in [2.24, 2.45) is 0 Å². The molecule has 0 aliphatic carbocycles. The maximum atomic E-state index is 12.3. The molecule has 3 N–H and O–H groups in total. The predicted octanol–water partition coefficient (Wildman–Crippen LogP) is 1.72. The number of aromatic nitrogens is 1. The Bertz CT molecular complexity index is 942. The van der Waals surface area contributed by atoms with Gasteiger partial charge in [0, 0.05) is 11.8 Å². The van der Waals surface area contributed by atoms with Gasteiger partial charge in [-0.25, -0.2) is 4.98 Å². The fraction of sp³-hybridized carbons (Fsp3) is 0.316. The van der Waals surface area contributed by atoms with Crippen LogP contribution in [0.1, 0.15) is 35.8 Å². The summed E-state index contributed by atoms with van der Waals surface area (Å²) in [5, 5.41) is 10.0. The highest BCUT2D eigenvalue weighted by molar-refractivity contribution is 7.13. The molecule has 1 aromatic heterocycles. The Hall–Kier alpha value is -3.27. The third-order valence-electron chi connectivity index (χ3n) is 4.14. The molecule has 2 aromatic rings. The number of nitrogens with zero attached hydrogens (tertiary/aromatic N) is 1. The van der Waals surface area contributed by atoms with E-state index in [9.17, 15) is 19.2 Å². The molecule has 1 atom stereocenters. The number of fused-ring (bicyclic) bond motifs is 1. The van der Waals surface area contributed by atoms with Crippen LogP contribution in [0, 0.1) is 0 Å². The van der Waals surface area contributed by atoms with Gasteiger partial charge in [-0.3, -0.25) is 19.2 Å². The Morgan fingerprint density at radius 3 is 2.86 bits per heavy atom. The molecule has 2 heterocycles. The van der Waals surface area contributed by atoms with E-state index in [2.05, 4.69) is 20.9 Å². The average molecular weight is 416 g/mol. The number of ether oxygens (including phenoxy) is 1. The predicted molar refractivity (Wildman–Crippen MR) is 107 cm³/mol. The zero-order chi connectivity index (χ0) is 20.8. The number of esters is 1. The van der Waals surface area contributed by atoms with E-state index in [1.807, 2.05) is 0 Å². The van der Waals surface area contributed by atoms with Crippen LogP contribution >= 0.6 is 11.3 Å². The van der Waals surface area contributed by atoms with E-state index < -0.39 is 6.04 Å². The number of carbonyl (C=O) groups excluding carboxylic acids is 4. The van der Waals surface area contributed by atoms with Gasteiger partial charge < -0.3 is 20.7 Å². The Morgan fingerprint density at radius 1 is 1.28 bits per heavy atom. The van der Waals surface area contributed by atoms with Gasteiger partial charge in [0.2, 0.25) is 11.8 Å². The number of carbonyl (C=O) groups is 4. The summed E-state index contributed by atoms with van der Waals surface area (Å²) in [6.45, 7) is 2.02. The highest BCUT2D eigenvalue weighted by Gasteiger charge is 2.27. The van der Waals surface area contributed by atoms with Crippen molar-refractivity contribution in [3.05, 3.63) is 40.9 Å². The van der Waals surface area contributed by atoms with E-state index in [0.29, 0.717) is 28.7 Å². The summed E-state index contributed by atoms with van der Waals surface area (Å²) in [5.41, 5.74) is 1.33. The van der Waals surface area contributed by atoms with Gasteiger partial charge in [-0.05, 0) is 25.5 Å². The molecule has 3 rings (SSSR count). The van der Waals surface area contributed by atoms with E-state index in [1.165, 1.54) is 11.3 Å². The summed E-state index contributed by atoms with van der Waals surface area (Å²) in [5.74, 6) is -1.47. The number of amides is 3. The fourth-order valence-electron chi connectivity index (χ4n) is 2.78. The maximum Gasteiger partial charge on any atom is 0.311 e. The molecule has 0 bridgehead atoms. The number of thiazole rings is 1. The minimum absolute atomic E-state index is 0.0154. The van der Waals surface area contributed by atoms with Crippen LogP contribution in [0.15, 0.2) is 29.6 Å². The first-order valence-electron chi connectivity index (χ1n) is 9.07. The standard InChI is InChI=1S/C19H20N4O5S/c1-2-28-16(25)9-11-10-29-19(20-11)23-15(24)8-7-14-18(27)21-13-6-4-3-5-12(13)17(26)22-14/h3-6,10,14H,2,7-9H2,1H3,(H,21,27)(H,22,26)(H,20,23,24)/t14-/m1/s1. The highest BCUT2D eigenvalue weighted by atomic mass is 32.1. The number of hydrogen-bond acceptors (Lipinski definition) is 7. The van der Waals surface area contributed by atoms with Crippen LogP contribution in [0.4, 0.5) is 10.8 Å². The van der Waals surface area contributed by atoms with Gasteiger partial charge in [0.1, 0.15) is 6.04 Å². The highest BCUT2D eigenvalue weighted by Crippen LogP contribution is 2.20. The van der Waals surface area contributed by atoms with Crippen LogP contribution < -0.4 is 16.0 Å². The number of hydrogen-bond donors (Lipinski definition) is 3. The van der Waals surface area contributed by atoms with Crippen LogP contribution in [-0.2, 0) is 25.5 Å². The number of rotatable bonds is 7. The summed E-state index contributed by atoms with van der Waals surface area (Å²) in [6, 6.07) is 5.89. The molecule has 0 radical (unpaired) electrons. The summed E-state index contributed by atoms with van der Waals surface area (Å²) < 4.78 is 4.86. The molecule has 0 saturated heterocycles. The molecule has 152 valence electrons. The molecular weight excluding hydrogens is 396 g/mol. The largest absolute Gasteiger partial charge is 0.466 e. The van der Waals surface area contributed by atoms with Crippen molar-refractivity contribution in [2.75, 3.05) is 17.2 Å². The number of anilines is 2. The molecule has 0 spiro atoms. The van der Waals surface area contributed by atoms with Gasteiger partial charge in [-0.15, -0.1) is 11.3 Å². The molecular formula is C19H20N4O5S. The molecule has 3 amide bonds. The summed E-state index contributed by atoms with van der Waals surface area (Å²) in [6.07, 6.45) is 0.189. The third-order valence-corrected chi connectivity index (χ3v) is 4.95. The van der Waals surface area contributed by atoms with Gasteiger partial charge in [-0.2, -0.15) is 0 Å². The van der Waals surface area contributed by atoms with Crippen molar-refractivity contribution < 1.29 is 23.9 Å². The van der Waals surface area contributed by atoms with Crippen molar-refractivity contribution in [1.82, 2.24) is 10.3 Å². The first-order chi connectivity index (χ1) is 14.0. The van der Waals surface area contributed by atoms with Crippen molar-refractivity contribution in [3.63, 3.8) is 0 Å². The van der Waals surface area contributed by atoms with Crippen LogP contribution in [0.3, 0.4) is 0 Å². The molecule has 0 fully saturated rings. The van der Waals surface area contributed by atoms with Crippen LogP contribution in [0.2, 0.25) is 0 Å². The first kappa shape index (κ1) is 20.5. The molecule has 9 nitrogen and oxygen atoms in total. The lowest BCUT2D eigenvalue weighted by molar-refractivity contribution is -0.142. The molecule has 1 aliphatic heterocycles. The van der Waals surface area contributed by atoms with Crippen molar-refractivity contribution in [2.45, 2.75) is 32.2 Å². The molecule has 1 aliphatic rings. The molecule has 1 aromatic carbocycles. The van der Waals surface area contributed by atoms with Crippen molar-refractivity contribution >= 4 is 45.8 Å². The normalized spacial score (nSPS) is 15.6. The first-order valence-corrected chi connectivity index (χ1v) is 9.95. The third kappa shape index (κ3) is 5.38. The zero-order valence-corrected chi connectivity index (χ0v) is 16.5. The minimum Gasteiger partial charge on any atom is -0.466 e. The quantitative estimate of drug-likeness (QED) is 0.590. The lowest BCUT2D eigenvalue weighted by Crippen LogP contribution is -2.41. The van der Waals surface area contributed by atoms with Crippen LogP contribution in [0.25, 0.3) is 0 Å². The monoisotopic (exact) mass is 416 g/mol. The van der Waals surface area contributed by atoms with Crippen molar-refractivity contribution in [1.29, 1.82) is 0 Å². The molecule has 0 unspecified atom stereocenters. The van der Waals surface area contributed by atoms with Gasteiger partial charge in [-0.1, -0.05) is 12.1 Å². The smallest absolute Gasteiger partial charge is 0.311 e. The van der Waals surface area contributed by atoms with E-state index in [4.69, 9.17) is 4.74 Å². The fourth-order valence-corrected chi connectivity index (χ4v) is 3.50. The Morgan fingerprint density at radius 2 is 2.07 bits per heavy atom. The minimum atomic E-state index is -0.823. The Labute approximate surface area is 170 Å². The summed E-state index contributed by atoms with van der Waals surface area (Å²) >= 11 is 1.20. The SMILES string of the molecule is CCOC(=O)Cc1csc(NC(=O)CC[C@H]2NC(=O)c3ccccc3NC2=O)n1. The lowest BCUT2D eigenvalue weighted by atomic mass is 10.1.